The van der Waals surface area contributed by atoms with E-state index in [2.05, 4.69) is 15.5 Å². The van der Waals surface area contributed by atoms with Gasteiger partial charge in [0.2, 0.25) is 0 Å². The van der Waals surface area contributed by atoms with Crippen molar-refractivity contribution in [3.8, 4) is 0 Å². The Morgan fingerprint density at radius 3 is 2.70 bits per heavy atom. The molecule has 9 heteroatoms. The quantitative estimate of drug-likeness (QED) is 0.599. The van der Waals surface area contributed by atoms with Gasteiger partial charge in [-0.2, -0.15) is 0 Å². The fraction of sp³-hybridized carbons (Fsp3) is 0.333. The zero-order valence-corrected chi connectivity index (χ0v) is 17.7. The highest BCUT2D eigenvalue weighted by Crippen LogP contribution is 2.23. The van der Waals surface area contributed by atoms with E-state index in [4.69, 9.17) is 33.0 Å². The van der Waals surface area contributed by atoms with Crippen molar-refractivity contribution < 1.29 is 19.4 Å². The van der Waals surface area contributed by atoms with Gasteiger partial charge in [-0.25, -0.2) is 9.59 Å². The third-order valence-electron chi connectivity index (χ3n) is 4.73. The van der Waals surface area contributed by atoms with Crippen molar-refractivity contribution >= 4 is 35.2 Å². The van der Waals surface area contributed by atoms with Crippen molar-refractivity contribution in [2.24, 2.45) is 0 Å². The highest BCUT2D eigenvalue weighted by Gasteiger charge is 2.21. The molecule has 2 aromatic carbocycles. The number of rotatable bonds is 7. The molecule has 0 bridgehead atoms. The molecule has 30 heavy (non-hydrogen) atoms. The molecule has 1 aliphatic heterocycles. The number of nitrogens with one attached hydrogen (secondary N) is 2. The maximum atomic E-state index is 12.1. The van der Waals surface area contributed by atoms with Gasteiger partial charge in [0.15, 0.2) is 0 Å². The molecular weight excluding hydrogens is 429 g/mol. The zero-order valence-electron chi connectivity index (χ0n) is 16.2. The summed E-state index contributed by atoms with van der Waals surface area (Å²) in [4.78, 5) is 25.3. The van der Waals surface area contributed by atoms with Crippen LogP contribution in [0.4, 0.5) is 4.79 Å². The number of ether oxygens (including phenoxy) is 1. The van der Waals surface area contributed by atoms with E-state index in [1.165, 1.54) is 12.1 Å². The van der Waals surface area contributed by atoms with E-state index < -0.39 is 5.97 Å². The summed E-state index contributed by atoms with van der Waals surface area (Å²) in [6.45, 7) is 3.39. The summed E-state index contributed by atoms with van der Waals surface area (Å²) in [7, 11) is 0. The molecule has 160 valence electrons. The number of urea groups is 1. The summed E-state index contributed by atoms with van der Waals surface area (Å²) >= 11 is 12.1. The molecular formula is C21H23Cl2N3O4. The fourth-order valence-electron chi connectivity index (χ4n) is 3.21. The van der Waals surface area contributed by atoms with Crippen molar-refractivity contribution in [1.82, 2.24) is 15.5 Å². The predicted octanol–water partition coefficient (Wildman–Crippen LogP) is 3.39. The first-order chi connectivity index (χ1) is 14.4. The van der Waals surface area contributed by atoms with Crippen molar-refractivity contribution in [2.75, 3.05) is 26.2 Å². The van der Waals surface area contributed by atoms with Gasteiger partial charge in [0.1, 0.15) is 0 Å². The van der Waals surface area contributed by atoms with Gasteiger partial charge in [0.05, 0.1) is 28.3 Å². The summed E-state index contributed by atoms with van der Waals surface area (Å²) in [5.74, 6) is -0.999. The van der Waals surface area contributed by atoms with Crippen molar-refractivity contribution in [2.45, 2.75) is 19.2 Å². The van der Waals surface area contributed by atoms with Gasteiger partial charge in [-0.1, -0.05) is 41.4 Å². The summed E-state index contributed by atoms with van der Waals surface area (Å²) in [6, 6.07) is 11.7. The van der Waals surface area contributed by atoms with Crippen LogP contribution in [0, 0.1) is 0 Å². The Kier molecular flexibility index (Phi) is 7.93. The minimum atomic E-state index is -0.999. The second-order valence-electron chi connectivity index (χ2n) is 7.05. The van der Waals surface area contributed by atoms with Crippen LogP contribution in [0.2, 0.25) is 10.0 Å². The first-order valence-corrected chi connectivity index (χ1v) is 10.3. The van der Waals surface area contributed by atoms with Gasteiger partial charge in [-0.3, -0.25) is 4.90 Å². The SMILES string of the molecule is O=C(NCc1cccc(C(=O)O)c1)NC[C@H]1CN(Cc2ccc(Cl)c(Cl)c2)CCO1. The lowest BCUT2D eigenvalue weighted by Gasteiger charge is -2.33. The Balaban J connectivity index is 1.42. The number of hydrogen-bond donors (Lipinski definition) is 3. The summed E-state index contributed by atoms with van der Waals surface area (Å²) in [5, 5.41) is 15.6. The van der Waals surface area contributed by atoms with Gasteiger partial charge in [0.25, 0.3) is 0 Å². The van der Waals surface area contributed by atoms with Crippen LogP contribution in [0.5, 0.6) is 0 Å². The van der Waals surface area contributed by atoms with Gasteiger partial charge in [-0.15, -0.1) is 0 Å². The molecule has 1 heterocycles. The topological polar surface area (TPSA) is 90.9 Å². The van der Waals surface area contributed by atoms with Gasteiger partial charge in [0, 0.05) is 32.7 Å². The van der Waals surface area contributed by atoms with Gasteiger partial charge in [-0.05, 0) is 35.4 Å². The molecule has 1 fully saturated rings. The van der Waals surface area contributed by atoms with Crippen LogP contribution in [0.15, 0.2) is 42.5 Å². The molecule has 3 rings (SSSR count). The molecule has 0 aliphatic carbocycles. The van der Waals surface area contributed by atoms with Crippen molar-refractivity contribution in [3.63, 3.8) is 0 Å². The lowest BCUT2D eigenvalue weighted by atomic mass is 10.1. The van der Waals surface area contributed by atoms with Crippen LogP contribution in [0.3, 0.4) is 0 Å². The smallest absolute Gasteiger partial charge is 0.335 e. The van der Waals surface area contributed by atoms with Gasteiger partial charge < -0.3 is 20.5 Å². The molecule has 0 saturated carbocycles. The lowest BCUT2D eigenvalue weighted by molar-refractivity contribution is -0.0287. The maximum absolute atomic E-state index is 12.1. The highest BCUT2D eigenvalue weighted by molar-refractivity contribution is 6.42. The number of nitrogens with zero attached hydrogens (tertiary/aromatic N) is 1. The minimum absolute atomic E-state index is 0.123. The maximum Gasteiger partial charge on any atom is 0.335 e. The average Bonchev–Trinajstić information content (AvgIpc) is 2.74. The number of carbonyl (C=O) groups excluding carboxylic acids is 1. The Morgan fingerprint density at radius 1 is 1.10 bits per heavy atom. The third kappa shape index (κ3) is 6.60. The fourth-order valence-corrected chi connectivity index (χ4v) is 3.53. The van der Waals surface area contributed by atoms with Crippen LogP contribution in [-0.2, 0) is 17.8 Å². The molecule has 1 aliphatic rings. The number of carboxylic acids is 1. The molecule has 0 unspecified atom stereocenters. The molecule has 3 N–H and O–H groups in total. The number of amides is 2. The highest BCUT2D eigenvalue weighted by atomic mass is 35.5. The normalized spacial score (nSPS) is 16.8. The number of morpholine rings is 1. The monoisotopic (exact) mass is 451 g/mol. The number of benzene rings is 2. The molecule has 0 radical (unpaired) electrons. The Morgan fingerprint density at radius 2 is 1.93 bits per heavy atom. The van der Waals surface area contributed by atoms with E-state index in [0.717, 1.165) is 18.7 Å². The summed E-state index contributed by atoms with van der Waals surface area (Å²) < 4.78 is 5.75. The standard InChI is InChI=1S/C21H23Cl2N3O4/c22-18-5-4-15(9-19(18)23)12-26-6-7-30-17(13-26)11-25-21(29)24-10-14-2-1-3-16(8-14)20(27)28/h1-5,8-9,17H,6-7,10-13H2,(H,27,28)(H2,24,25,29)/t17-/m0/s1. The van der Waals surface area contributed by atoms with E-state index in [0.29, 0.717) is 35.3 Å². The van der Waals surface area contributed by atoms with Crippen molar-refractivity contribution in [3.05, 3.63) is 69.2 Å². The van der Waals surface area contributed by atoms with E-state index >= 15 is 0 Å². The molecule has 7 nitrogen and oxygen atoms in total. The predicted molar refractivity (Wildman–Crippen MR) is 115 cm³/mol. The van der Waals surface area contributed by atoms with Crippen LogP contribution in [-0.4, -0.2) is 54.4 Å². The molecule has 0 spiro atoms. The number of halogens is 2. The van der Waals surface area contributed by atoms with Crippen LogP contribution >= 0.6 is 23.2 Å². The number of aromatic carboxylic acids is 1. The first-order valence-electron chi connectivity index (χ1n) is 9.52. The van der Waals surface area contributed by atoms with E-state index in [1.54, 1.807) is 18.2 Å². The minimum Gasteiger partial charge on any atom is -0.478 e. The molecule has 0 aromatic heterocycles. The number of carboxylic acid groups (broad SMARTS) is 1. The van der Waals surface area contributed by atoms with Gasteiger partial charge >= 0.3 is 12.0 Å². The second-order valence-corrected chi connectivity index (χ2v) is 7.86. The van der Waals surface area contributed by atoms with Crippen LogP contribution in [0.1, 0.15) is 21.5 Å². The molecule has 2 amide bonds. The van der Waals surface area contributed by atoms with Crippen LogP contribution < -0.4 is 10.6 Å². The molecule has 1 saturated heterocycles. The third-order valence-corrected chi connectivity index (χ3v) is 5.47. The van der Waals surface area contributed by atoms with Crippen LogP contribution in [0.25, 0.3) is 0 Å². The first kappa shape index (κ1) is 22.4. The largest absolute Gasteiger partial charge is 0.478 e. The average molecular weight is 452 g/mol. The van der Waals surface area contributed by atoms with E-state index in [-0.39, 0.29) is 24.2 Å². The summed E-state index contributed by atoms with van der Waals surface area (Å²) in [6.07, 6.45) is -0.123. The summed E-state index contributed by atoms with van der Waals surface area (Å²) in [5.41, 5.74) is 1.97. The Hall–Kier alpha value is -2.32. The van der Waals surface area contributed by atoms with Crippen molar-refractivity contribution in [1.29, 1.82) is 0 Å². The number of carbonyl (C=O) groups is 2. The molecule has 1 atom stereocenters. The second kappa shape index (κ2) is 10.6. The zero-order chi connectivity index (χ0) is 21.5. The lowest BCUT2D eigenvalue weighted by Crippen LogP contribution is -2.48. The van der Waals surface area contributed by atoms with E-state index in [9.17, 15) is 9.59 Å². The Labute approximate surface area is 184 Å². The molecule has 2 aromatic rings. The van der Waals surface area contributed by atoms with E-state index in [1.807, 2.05) is 12.1 Å². The number of hydrogen-bond acceptors (Lipinski definition) is 4. The Bertz CT molecular complexity index is 910.